The first-order valence-electron chi connectivity index (χ1n) is 10.6. The average Bonchev–Trinajstić information content (AvgIpc) is 2.76. The van der Waals surface area contributed by atoms with Gasteiger partial charge in [0.25, 0.3) is 0 Å². The maximum atomic E-state index is 15.2. The third kappa shape index (κ3) is 5.93. The summed E-state index contributed by atoms with van der Waals surface area (Å²) < 4.78 is 26.7. The van der Waals surface area contributed by atoms with Crippen LogP contribution in [0.2, 0.25) is 0 Å². The van der Waals surface area contributed by atoms with Crippen molar-refractivity contribution in [2.24, 2.45) is 5.73 Å². The highest BCUT2D eigenvalue weighted by molar-refractivity contribution is 5.71. The number of hydrogen-bond acceptors (Lipinski definition) is 4. The van der Waals surface area contributed by atoms with Gasteiger partial charge in [-0.25, -0.2) is 4.39 Å². The van der Waals surface area contributed by atoms with E-state index in [9.17, 15) is 4.79 Å². The van der Waals surface area contributed by atoms with Crippen LogP contribution in [0, 0.1) is 5.82 Å². The fraction of sp³-hybridized carbons (Fsp3) is 0.269. The van der Waals surface area contributed by atoms with Gasteiger partial charge >= 0.3 is 5.97 Å². The van der Waals surface area contributed by atoms with Crippen LogP contribution in [0.15, 0.2) is 60.7 Å². The minimum absolute atomic E-state index is 0.124. The van der Waals surface area contributed by atoms with Crippen LogP contribution in [-0.4, -0.2) is 17.7 Å². The number of carboxylic acids is 1. The van der Waals surface area contributed by atoms with Gasteiger partial charge in [-0.15, -0.1) is 0 Å². The summed E-state index contributed by atoms with van der Waals surface area (Å²) in [5.41, 5.74) is 9.88. The van der Waals surface area contributed by atoms with Crippen molar-refractivity contribution in [3.8, 4) is 16.9 Å². The van der Waals surface area contributed by atoms with Gasteiger partial charge in [-0.1, -0.05) is 42.5 Å². The second kappa shape index (κ2) is 10.9. The highest BCUT2D eigenvalue weighted by Crippen LogP contribution is 2.30. The molecule has 1 unspecified atom stereocenters. The summed E-state index contributed by atoms with van der Waals surface area (Å²) in [5.74, 6) is -0.752. The van der Waals surface area contributed by atoms with Gasteiger partial charge in [-0.2, -0.15) is 0 Å². The molecule has 3 N–H and O–H groups in total. The number of rotatable bonds is 10. The number of benzene rings is 3. The van der Waals surface area contributed by atoms with Gasteiger partial charge in [-0.05, 0) is 48.7 Å². The second-order valence-electron chi connectivity index (χ2n) is 7.64. The van der Waals surface area contributed by atoms with Crippen molar-refractivity contribution in [3.05, 3.63) is 88.7 Å². The molecule has 0 aliphatic rings. The van der Waals surface area contributed by atoms with Gasteiger partial charge in [0.15, 0.2) is 0 Å². The quantitative estimate of drug-likeness (QED) is 0.452. The molecule has 0 aromatic heterocycles. The highest BCUT2D eigenvalue weighted by atomic mass is 19.1. The molecular weight excluding hydrogens is 409 g/mol. The number of hydrogen-bond donors (Lipinski definition) is 2. The summed E-state index contributed by atoms with van der Waals surface area (Å²) in [5, 5.41) is 9.13. The van der Waals surface area contributed by atoms with Gasteiger partial charge in [0.1, 0.15) is 18.2 Å². The Morgan fingerprint density at radius 2 is 1.78 bits per heavy atom. The van der Waals surface area contributed by atoms with E-state index in [1.807, 2.05) is 25.1 Å². The van der Waals surface area contributed by atoms with Crippen LogP contribution in [0.5, 0.6) is 5.75 Å². The van der Waals surface area contributed by atoms with Gasteiger partial charge in [0.05, 0.1) is 13.0 Å². The van der Waals surface area contributed by atoms with E-state index in [4.69, 9.17) is 20.3 Å². The summed E-state index contributed by atoms with van der Waals surface area (Å²) in [6, 6.07) is 17.6. The largest absolute Gasteiger partial charge is 0.489 e. The molecule has 0 bridgehead atoms. The lowest BCUT2D eigenvalue weighted by Crippen LogP contribution is -2.08. The lowest BCUT2D eigenvalue weighted by molar-refractivity contribution is -0.136. The summed E-state index contributed by atoms with van der Waals surface area (Å²) >= 11 is 0. The Labute approximate surface area is 187 Å². The molecule has 0 aliphatic heterocycles. The summed E-state index contributed by atoms with van der Waals surface area (Å²) in [6.45, 7) is 4.83. The molecule has 0 amide bonds. The van der Waals surface area contributed by atoms with E-state index in [2.05, 4.69) is 0 Å². The number of aliphatic carboxylic acids is 1. The third-order valence-corrected chi connectivity index (χ3v) is 5.06. The van der Waals surface area contributed by atoms with Gasteiger partial charge in [0, 0.05) is 29.3 Å². The van der Waals surface area contributed by atoms with Crippen molar-refractivity contribution in [2.45, 2.75) is 39.5 Å². The Morgan fingerprint density at radius 3 is 2.47 bits per heavy atom. The highest BCUT2D eigenvalue weighted by Gasteiger charge is 2.15. The monoisotopic (exact) mass is 437 g/mol. The molecule has 5 nitrogen and oxygen atoms in total. The zero-order valence-corrected chi connectivity index (χ0v) is 18.3. The molecule has 0 fully saturated rings. The molecule has 0 heterocycles. The lowest BCUT2D eigenvalue weighted by Gasteiger charge is -2.15. The van der Waals surface area contributed by atoms with E-state index in [0.29, 0.717) is 41.2 Å². The first-order chi connectivity index (χ1) is 15.4. The Bertz CT molecular complexity index is 1080. The normalized spacial score (nSPS) is 11.9. The van der Waals surface area contributed by atoms with Crippen molar-refractivity contribution in [2.75, 3.05) is 6.61 Å². The van der Waals surface area contributed by atoms with Crippen molar-refractivity contribution < 1.29 is 23.8 Å². The fourth-order valence-corrected chi connectivity index (χ4v) is 3.54. The number of nitrogens with two attached hydrogens (primary N) is 1. The number of para-hydroxylation sites is 1. The maximum absolute atomic E-state index is 15.2. The topological polar surface area (TPSA) is 81.8 Å². The molecule has 0 spiro atoms. The molecule has 0 aliphatic carbocycles. The molecule has 3 aromatic rings. The van der Waals surface area contributed by atoms with Crippen molar-refractivity contribution in [1.29, 1.82) is 0 Å². The molecule has 3 aromatic carbocycles. The molecule has 168 valence electrons. The Hall–Kier alpha value is -3.22. The zero-order chi connectivity index (χ0) is 23.1. The minimum atomic E-state index is -0.925. The number of carbonyl (C=O) groups is 1. The Balaban J connectivity index is 1.94. The number of halogens is 1. The van der Waals surface area contributed by atoms with Crippen LogP contribution in [-0.2, 0) is 29.2 Å². The summed E-state index contributed by atoms with van der Waals surface area (Å²) in [4.78, 5) is 11.1. The summed E-state index contributed by atoms with van der Waals surface area (Å²) in [6.07, 6.45) is -0.124. The van der Waals surface area contributed by atoms with Crippen LogP contribution >= 0.6 is 0 Å². The molecule has 32 heavy (non-hydrogen) atoms. The average molecular weight is 438 g/mol. The number of ether oxygens (including phenoxy) is 2. The van der Waals surface area contributed by atoms with Crippen LogP contribution in [0.25, 0.3) is 11.1 Å². The van der Waals surface area contributed by atoms with E-state index in [1.165, 1.54) is 0 Å². The van der Waals surface area contributed by atoms with E-state index in [1.54, 1.807) is 49.4 Å². The smallest absolute Gasteiger partial charge is 0.307 e. The minimum Gasteiger partial charge on any atom is -0.489 e. The molecule has 6 heteroatoms. The standard InChI is InChI=1S/C26H28FNO4/c1-3-31-15-18-11-19(16-32-24-10-5-4-7-20(24)14-25(29)30)13-21(12-18)23-9-6-8-22(17(2)28)26(23)27/h4-13,17H,3,14-16,28H2,1-2H3,(H,29,30). The fourth-order valence-electron chi connectivity index (χ4n) is 3.54. The third-order valence-electron chi connectivity index (χ3n) is 5.06. The van der Waals surface area contributed by atoms with Gasteiger partial charge in [0.2, 0.25) is 0 Å². The summed E-state index contributed by atoms with van der Waals surface area (Å²) in [7, 11) is 0. The predicted octanol–water partition coefficient (Wildman–Crippen LogP) is 5.26. The molecular formula is C26H28FNO4. The molecule has 1 atom stereocenters. The van der Waals surface area contributed by atoms with Crippen LogP contribution in [0.3, 0.4) is 0 Å². The molecule has 0 radical (unpaired) electrons. The molecule has 0 saturated carbocycles. The Kier molecular flexibility index (Phi) is 7.98. The Morgan fingerprint density at radius 1 is 1.06 bits per heavy atom. The van der Waals surface area contributed by atoms with Crippen molar-refractivity contribution in [3.63, 3.8) is 0 Å². The van der Waals surface area contributed by atoms with E-state index >= 15 is 4.39 Å². The van der Waals surface area contributed by atoms with E-state index < -0.39 is 12.0 Å². The van der Waals surface area contributed by atoms with Crippen LogP contribution < -0.4 is 10.5 Å². The van der Waals surface area contributed by atoms with Crippen molar-refractivity contribution >= 4 is 5.97 Å². The molecule has 0 saturated heterocycles. The first kappa shape index (κ1) is 23.4. The SMILES string of the molecule is CCOCc1cc(COc2ccccc2CC(=O)O)cc(-c2cccc(C(C)N)c2F)c1. The molecule has 3 rings (SSSR count). The van der Waals surface area contributed by atoms with Crippen LogP contribution in [0.4, 0.5) is 4.39 Å². The van der Waals surface area contributed by atoms with E-state index in [0.717, 1.165) is 11.1 Å². The van der Waals surface area contributed by atoms with E-state index in [-0.39, 0.29) is 18.8 Å². The number of carboxylic acid groups (broad SMARTS) is 1. The maximum Gasteiger partial charge on any atom is 0.307 e. The zero-order valence-electron chi connectivity index (χ0n) is 18.3. The van der Waals surface area contributed by atoms with Gasteiger partial charge < -0.3 is 20.3 Å². The van der Waals surface area contributed by atoms with Crippen molar-refractivity contribution in [1.82, 2.24) is 0 Å². The van der Waals surface area contributed by atoms with Crippen LogP contribution in [0.1, 0.15) is 42.1 Å². The van der Waals surface area contributed by atoms with Gasteiger partial charge in [-0.3, -0.25) is 4.79 Å². The lowest BCUT2D eigenvalue weighted by atomic mass is 9.96. The second-order valence-corrected chi connectivity index (χ2v) is 7.64. The predicted molar refractivity (Wildman–Crippen MR) is 122 cm³/mol. The first-order valence-corrected chi connectivity index (χ1v) is 10.6.